The van der Waals surface area contributed by atoms with E-state index in [9.17, 15) is 4.79 Å². The predicted octanol–water partition coefficient (Wildman–Crippen LogP) is 2.76. The van der Waals surface area contributed by atoms with Crippen LogP contribution >= 0.6 is 27.3 Å². The van der Waals surface area contributed by atoms with Gasteiger partial charge in [-0.25, -0.2) is 4.98 Å². The Bertz CT molecular complexity index is 397. The molecule has 0 unspecified atom stereocenters. The second-order valence-corrected chi connectivity index (χ2v) is 6.61. The van der Waals surface area contributed by atoms with Crippen molar-refractivity contribution in [2.75, 3.05) is 13.1 Å². The molecule has 2 heterocycles. The predicted molar refractivity (Wildman–Crippen MR) is 69.4 cm³/mol. The molecule has 0 spiro atoms. The Labute approximate surface area is 108 Å². The number of carbonyl (C=O) groups excluding carboxylic acids is 1. The molecule has 2 rings (SSSR count). The van der Waals surface area contributed by atoms with Gasteiger partial charge >= 0.3 is 0 Å². The Morgan fingerprint density at radius 2 is 2.06 bits per heavy atom. The van der Waals surface area contributed by atoms with Crippen LogP contribution in [-0.2, 0) is 0 Å². The van der Waals surface area contributed by atoms with Crippen molar-refractivity contribution in [3.63, 3.8) is 0 Å². The number of thiazole rings is 1. The Morgan fingerprint density at radius 1 is 1.44 bits per heavy atom. The molecule has 1 aromatic rings. The van der Waals surface area contributed by atoms with E-state index in [2.05, 4.69) is 20.9 Å². The van der Waals surface area contributed by atoms with Crippen LogP contribution in [0.2, 0.25) is 0 Å². The van der Waals surface area contributed by atoms with E-state index >= 15 is 0 Å². The van der Waals surface area contributed by atoms with Crippen molar-refractivity contribution in [1.29, 1.82) is 0 Å². The summed E-state index contributed by atoms with van der Waals surface area (Å²) >= 11 is 5.09. The van der Waals surface area contributed by atoms with Crippen LogP contribution in [0.5, 0.6) is 0 Å². The van der Waals surface area contributed by atoms with Crippen molar-refractivity contribution in [2.45, 2.75) is 31.5 Å². The molecule has 1 aliphatic heterocycles. The lowest BCUT2D eigenvalue weighted by Crippen LogP contribution is -2.38. The second kappa shape index (κ2) is 4.84. The first-order chi connectivity index (χ1) is 7.58. The quantitative estimate of drug-likeness (QED) is 0.747. The fourth-order valence-corrected chi connectivity index (χ4v) is 3.22. The smallest absolute Gasteiger partial charge is 0.265 e. The van der Waals surface area contributed by atoms with Crippen molar-refractivity contribution >= 4 is 33.2 Å². The summed E-state index contributed by atoms with van der Waals surface area (Å²) in [5, 5.41) is 0.969. The fourth-order valence-electron chi connectivity index (χ4n) is 1.92. The van der Waals surface area contributed by atoms with Crippen LogP contribution in [0.15, 0.2) is 0 Å². The molecule has 1 fully saturated rings. The highest BCUT2D eigenvalue weighted by molar-refractivity contribution is 9.09. The Morgan fingerprint density at radius 3 is 2.56 bits per heavy atom. The number of aryl methyl sites for hydroxylation is 2. The molecule has 1 saturated heterocycles. The number of rotatable bonds is 1. The number of carbonyl (C=O) groups is 1. The first kappa shape index (κ1) is 12.0. The van der Waals surface area contributed by atoms with Gasteiger partial charge in [0.25, 0.3) is 5.91 Å². The second-order valence-electron chi connectivity index (χ2n) is 4.11. The highest BCUT2D eigenvalue weighted by Gasteiger charge is 2.24. The molecule has 0 saturated carbocycles. The maximum absolute atomic E-state index is 12.2. The monoisotopic (exact) mass is 302 g/mol. The van der Waals surface area contributed by atoms with Gasteiger partial charge in [0.1, 0.15) is 4.88 Å². The zero-order chi connectivity index (χ0) is 11.7. The average molecular weight is 303 g/mol. The van der Waals surface area contributed by atoms with E-state index in [-0.39, 0.29) is 5.91 Å². The zero-order valence-corrected chi connectivity index (χ0v) is 11.9. The van der Waals surface area contributed by atoms with Crippen molar-refractivity contribution in [3.8, 4) is 0 Å². The van der Waals surface area contributed by atoms with Crippen molar-refractivity contribution < 1.29 is 4.79 Å². The number of halogens is 1. The fraction of sp³-hybridized carbons (Fsp3) is 0.636. The van der Waals surface area contributed by atoms with E-state index < -0.39 is 0 Å². The van der Waals surface area contributed by atoms with E-state index in [1.165, 1.54) is 11.3 Å². The van der Waals surface area contributed by atoms with Crippen molar-refractivity contribution in [2.24, 2.45) is 0 Å². The highest BCUT2D eigenvalue weighted by atomic mass is 79.9. The molecule has 0 aliphatic carbocycles. The zero-order valence-electron chi connectivity index (χ0n) is 9.49. The molecular formula is C11H15BrN2OS. The molecule has 16 heavy (non-hydrogen) atoms. The topological polar surface area (TPSA) is 33.2 Å². The molecule has 5 heteroatoms. The summed E-state index contributed by atoms with van der Waals surface area (Å²) in [7, 11) is 0. The number of aromatic nitrogens is 1. The minimum absolute atomic E-state index is 0.155. The normalized spacial score (nSPS) is 17.8. The van der Waals surface area contributed by atoms with E-state index in [1.54, 1.807) is 0 Å². The van der Waals surface area contributed by atoms with Crippen LogP contribution in [-0.4, -0.2) is 33.7 Å². The van der Waals surface area contributed by atoms with E-state index in [0.29, 0.717) is 4.83 Å². The van der Waals surface area contributed by atoms with Crippen LogP contribution in [0.1, 0.15) is 33.2 Å². The minimum Gasteiger partial charge on any atom is -0.338 e. The van der Waals surface area contributed by atoms with Crippen molar-refractivity contribution in [3.05, 3.63) is 15.6 Å². The Hall–Kier alpha value is -0.420. The Balaban J connectivity index is 2.10. The molecule has 0 radical (unpaired) electrons. The molecule has 1 aromatic heterocycles. The SMILES string of the molecule is Cc1nc(C)c(C(=O)N2CCC(Br)CC2)s1. The van der Waals surface area contributed by atoms with Crippen LogP contribution in [0.25, 0.3) is 0 Å². The third kappa shape index (κ3) is 2.46. The molecule has 0 atom stereocenters. The van der Waals surface area contributed by atoms with Crippen LogP contribution < -0.4 is 0 Å². The highest BCUT2D eigenvalue weighted by Crippen LogP contribution is 2.23. The average Bonchev–Trinajstić information content (AvgIpc) is 2.58. The third-order valence-corrected chi connectivity index (χ3v) is 4.79. The van der Waals surface area contributed by atoms with Gasteiger partial charge in [-0.15, -0.1) is 11.3 Å². The summed E-state index contributed by atoms with van der Waals surface area (Å²) in [5.74, 6) is 0.155. The number of hydrogen-bond acceptors (Lipinski definition) is 3. The lowest BCUT2D eigenvalue weighted by atomic mass is 10.1. The molecule has 3 nitrogen and oxygen atoms in total. The first-order valence-corrected chi connectivity index (χ1v) is 7.18. The standard InChI is InChI=1S/C11H15BrN2OS/c1-7-10(16-8(2)13-7)11(15)14-5-3-9(12)4-6-14/h9H,3-6H2,1-2H3. The van der Waals surface area contributed by atoms with Gasteiger partial charge in [0.05, 0.1) is 10.7 Å². The number of hydrogen-bond donors (Lipinski definition) is 0. The number of alkyl halides is 1. The molecule has 0 bridgehead atoms. The number of likely N-dealkylation sites (tertiary alicyclic amines) is 1. The van der Waals surface area contributed by atoms with Gasteiger partial charge in [0, 0.05) is 17.9 Å². The molecule has 0 aromatic carbocycles. The maximum atomic E-state index is 12.2. The number of amides is 1. The number of nitrogens with zero attached hydrogens (tertiary/aromatic N) is 2. The third-order valence-electron chi connectivity index (χ3n) is 2.81. The molecule has 88 valence electrons. The van der Waals surface area contributed by atoms with Crippen LogP contribution in [0.4, 0.5) is 0 Å². The molecular weight excluding hydrogens is 288 g/mol. The number of piperidine rings is 1. The summed E-state index contributed by atoms with van der Waals surface area (Å²) in [6.45, 7) is 5.56. The van der Waals surface area contributed by atoms with Crippen LogP contribution in [0, 0.1) is 13.8 Å². The summed E-state index contributed by atoms with van der Waals surface area (Å²) in [6.07, 6.45) is 2.09. The molecule has 1 aliphatic rings. The van der Waals surface area contributed by atoms with Crippen LogP contribution in [0.3, 0.4) is 0 Å². The van der Waals surface area contributed by atoms with E-state index in [4.69, 9.17) is 0 Å². The van der Waals surface area contributed by atoms with Gasteiger partial charge < -0.3 is 4.90 Å². The van der Waals surface area contributed by atoms with Gasteiger partial charge in [0.2, 0.25) is 0 Å². The van der Waals surface area contributed by atoms with E-state index in [0.717, 1.165) is 41.5 Å². The summed E-state index contributed by atoms with van der Waals surface area (Å²) in [6, 6.07) is 0. The van der Waals surface area contributed by atoms with Gasteiger partial charge in [-0.2, -0.15) is 0 Å². The summed E-state index contributed by atoms with van der Waals surface area (Å²) in [4.78, 5) is 19.8. The Kier molecular flexibility index (Phi) is 3.64. The molecule has 1 amide bonds. The van der Waals surface area contributed by atoms with Gasteiger partial charge in [-0.05, 0) is 26.7 Å². The lowest BCUT2D eigenvalue weighted by molar-refractivity contribution is 0.0732. The minimum atomic E-state index is 0.155. The van der Waals surface area contributed by atoms with Gasteiger partial charge in [-0.3, -0.25) is 4.79 Å². The lowest BCUT2D eigenvalue weighted by Gasteiger charge is -2.29. The first-order valence-electron chi connectivity index (χ1n) is 5.45. The van der Waals surface area contributed by atoms with Gasteiger partial charge in [-0.1, -0.05) is 15.9 Å². The van der Waals surface area contributed by atoms with E-state index in [1.807, 2.05) is 18.7 Å². The molecule has 0 N–H and O–H groups in total. The maximum Gasteiger partial charge on any atom is 0.265 e. The summed E-state index contributed by atoms with van der Waals surface area (Å²) < 4.78 is 0. The summed E-state index contributed by atoms with van der Waals surface area (Å²) in [5.41, 5.74) is 0.869. The van der Waals surface area contributed by atoms with Crippen molar-refractivity contribution in [1.82, 2.24) is 9.88 Å². The largest absolute Gasteiger partial charge is 0.338 e. The van der Waals surface area contributed by atoms with Gasteiger partial charge in [0.15, 0.2) is 0 Å².